The summed E-state index contributed by atoms with van der Waals surface area (Å²) in [5.41, 5.74) is -0.330. The smallest absolute Gasteiger partial charge is 0.481 e. The highest BCUT2D eigenvalue weighted by Crippen LogP contribution is 2.26. The molecule has 0 heterocycles. The molecule has 0 saturated carbocycles. The number of rotatable bonds is 4. The van der Waals surface area contributed by atoms with Gasteiger partial charge >= 0.3 is 12.3 Å². The Hall–Kier alpha value is -1.72. The lowest BCUT2D eigenvalue weighted by Crippen LogP contribution is -2.26. The van der Waals surface area contributed by atoms with E-state index in [9.17, 15) is 18.0 Å². The second-order valence-corrected chi connectivity index (χ2v) is 4.56. The van der Waals surface area contributed by atoms with E-state index in [4.69, 9.17) is 5.11 Å². The van der Waals surface area contributed by atoms with Gasteiger partial charge in [0.2, 0.25) is 0 Å². The van der Waals surface area contributed by atoms with Gasteiger partial charge in [0.15, 0.2) is 0 Å². The second-order valence-electron chi connectivity index (χ2n) is 4.56. The van der Waals surface area contributed by atoms with Gasteiger partial charge in [0.25, 0.3) is 0 Å². The van der Waals surface area contributed by atoms with Crippen molar-refractivity contribution in [1.82, 2.24) is 0 Å². The van der Waals surface area contributed by atoms with Gasteiger partial charge in [-0.2, -0.15) is 0 Å². The summed E-state index contributed by atoms with van der Waals surface area (Å²) in [7, 11) is 0. The first kappa shape index (κ1) is 14.3. The number of carboxylic acid groups (broad SMARTS) is 1. The normalized spacial score (nSPS) is 12.3. The highest BCUT2D eigenvalue weighted by atomic mass is 19.4. The van der Waals surface area contributed by atoms with Crippen LogP contribution in [0.1, 0.15) is 19.4 Å². The molecule has 0 amide bonds. The minimum absolute atomic E-state index is 0.231. The van der Waals surface area contributed by atoms with Crippen LogP contribution in [0.5, 0.6) is 5.75 Å². The number of halogens is 3. The molecule has 0 radical (unpaired) electrons. The number of ether oxygens (including phenoxy) is 1. The Morgan fingerprint density at radius 3 is 2.11 bits per heavy atom. The second kappa shape index (κ2) is 4.88. The SMILES string of the molecule is CC(C)(Cc1ccc(OC(F)(F)F)cc1)C(=O)O. The molecule has 0 aliphatic rings. The van der Waals surface area contributed by atoms with E-state index in [-0.39, 0.29) is 12.2 Å². The Balaban J connectivity index is 2.75. The Labute approximate surface area is 102 Å². The number of carboxylic acids is 1. The van der Waals surface area contributed by atoms with Crippen LogP contribution in [-0.2, 0) is 11.2 Å². The van der Waals surface area contributed by atoms with Gasteiger partial charge in [-0.1, -0.05) is 12.1 Å². The van der Waals surface area contributed by atoms with Crippen LogP contribution in [0.2, 0.25) is 0 Å². The first-order valence-electron chi connectivity index (χ1n) is 5.18. The average Bonchev–Trinajstić information content (AvgIpc) is 2.18. The van der Waals surface area contributed by atoms with Crippen LogP contribution in [0.3, 0.4) is 0 Å². The molecule has 18 heavy (non-hydrogen) atoms. The van der Waals surface area contributed by atoms with Crippen LogP contribution < -0.4 is 4.74 Å². The van der Waals surface area contributed by atoms with Crippen LogP contribution in [0.15, 0.2) is 24.3 Å². The van der Waals surface area contributed by atoms with Gasteiger partial charge < -0.3 is 9.84 Å². The summed E-state index contributed by atoms with van der Waals surface area (Å²) < 4.78 is 39.5. The minimum Gasteiger partial charge on any atom is -0.481 e. The highest BCUT2D eigenvalue weighted by molar-refractivity contribution is 5.74. The molecule has 3 nitrogen and oxygen atoms in total. The molecule has 0 aliphatic carbocycles. The molecule has 1 aromatic carbocycles. The van der Waals surface area contributed by atoms with Crippen LogP contribution in [0.25, 0.3) is 0 Å². The molecular formula is C12H13F3O3. The predicted octanol–water partition coefficient (Wildman–Crippen LogP) is 3.24. The lowest BCUT2D eigenvalue weighted by molar-refractivity contribution is -0.274. The van der Waals surface area contributed by atoms with E-state index >= 15 is 0 Å². The number of hydrogen-bond acceptors (Lipinski definition) is 2. The molecule has 0 atom stereocenters. The summed E-state index contributed by atoms with van der Waals surface area (Å²) in [5, 5.41) is 8.94. The lowest BCUT2D eigenvalue weighted by Gasteiger charge is -2.19. The maximum absolute atomic E-state index is 11.9. The van der Waals surface area contributed by atoms with Crippen LogP contribution >= 0.6 is 0 Å². The fourth-order valence-electron chi connectivity index (χ4n) is 1.39. The molecule has 0 aliphatic heterocycles. The third-order valence-corrected chi connectivity index (χ3v) is 2.38. The summed E-state index contributed by atoms with van der Waals surface area (Å²) in [6.45, 7) is 3.10. The molecule has 0 spiro atoms. The van der Waals surface area contributed by atoms with Crippen molar-refractivity contribution in [2.75, 3.05) is 0 Å². The van der Waals surface area contributed by atoms with Crippen molar-refractivity contribution in [3.8, 4) is 5.75 Å². The van der Waals surface area contributed by atoms with Gasteiger partial charge in [-0.05, 0) is 38.0 Å². The van der Waals surface area contributed by atoms with E-state index in [1.165, 1.54) is 24.3 Å². The quantitative estimate of drug-likeness (QED) is 0.906. The largest absolute Gasteiger partial charge is 0.573 e. The number of alkyl halides is 3. The number of aliphatic carboxylic acids is 1. The van der Waals surface area contributed by atoms with Crippen molar-refractivity contribution >= 4 is 5.97 Å². The van der Waals surface area contributed by atoms with Crippen molar-refractivity contribution in [1.29, 1.82) is 0 Å². The molecule has 0 aromatic heterocycles. The zero-order chi connectivity index (χ0) is 14.0. The summed E-state index contributed by atoms with van der Waals surface area (Å²) >= 11 is 0. The topological polar surface area (TPSA) is 46.5 Å². The fourth-order valence-corrected chi connectivity index (χ4v) is 1.39. The van der Waals surface area contributed by atoms with E-state index in [1.807, 2.05) is 0 Å². The van der Waals surface area contributed by atoms with Crippen molar-refractivity contribution in [3.63, 3.8) is 0 Å². The number of hydrogen-bond donors (Lipinski definition) is 1. The molecule has 0 unspecified atom stereocenters. The summed E-state index contributed by atoms with van der Waals surface area (Å²) in [4.78, 5) is 10.9. The van der Waals surface area contributed by atoms with Gasteiger partial charge in [-0.25, -0.2) is 0 Å². The van der Waals surface area contributed by atoms with Gasteiger partial charge in [-0.3, -0.25) is 4.79 Å². The molecule has 1 rings (SSSR count). The third kappa shape index (κ3) is 4.27. The maximum Gasteiger partial charge on any atom is 0.573 e. The predicted molar refractivity (Wildman–Crippen MR) is 58.2 cm³/mol. The molecule has 1 N–H and O–H groups in total. The zero-order valence-corrected chi connectivity index (χ0v) is 9.91. The van der Waals surface area contributed by atoms with Gasteiger partial charge in [0, 0.05) is 0 Å². The zero-order valence-electron chi connectivity index (χ0n) is 9.91. The molecule has 0 fully saturated rings. The highest BCUT2D eigenvalue weighted by Gasteiger charge is 2.31. The van der Waals surface area contributed by atoms with Crippen LogP contribution in [0.4, 0.5) is 13.2 Å². The third-order valence-electron chi connectivity index (χ3n) is 2.38. The van der Waals surface area contributed by atoms with E-state index in [1.54, 1.807) is 13.8 Å². The molecule has 6 heteroatoms. The summed E-state index contributed by atoms with van der Waals surface area (Å²) in [5.74, 6) is -1.28. The van der Waals surface area contributed by atoms with Crippen molar-refractivity contribution < 1.29 is 27.8 Å². The van der Waals surface area contributed by atoms with Crippen molar-refractivity contribution in [2.24, 2.45) is 5.41 Å². The average molecular weight is 262 g/mol. The Morgan fingerprint density at radius 1 is 1.22 bits per heavy atom. The summed E-state index contributed by atoms with van der Waals surface area (Å²) in [6, 6.07) is 5.18. The van der Waals surface area contributed by atoms with Crippen molar-refractivity contribution in [2.45, 2.75) is 26.6 Å². The van der Waals surface area contributed by atoms with Gasteiger partial charge in [0.05, 0.1) is 5.41 Å². The van der Waals surface area contributed by atoms with Crippen LogP contribution in [0, 0.1) is 5.41 Å². The fraction of sp³-hybridized carbons (Fsp3) is 0.417. The number of benzene rings is 1. The molecule has 100 valence electrons. The standard InChI is InChI=1S/C12H13F3O3/c1-11(2,10(16)17)7-8-3-5-9(6-4-8)18-12(13,14)15/h3-6H,7H2,1-2H3,(H,16,17). The first-order chi connectivity index (χ1) is 8.10. The van der Waals surface area contributed by atoms with E-state index < -0.39 is 17.7 Å². The minimum atomic E-state index is -4.72. The van der Waals surface area contributed by atoms with Crippen molar-refractivity contribution in [3.05, 3.63) is 29.8 Å². The Kier molecular flexibility index (Phi) is 3.88. The molecule has 0 saturated heterocycles. The van der Waals surface area contributed by atoms with Gasteiger partial charge in [0.1, 0.15) is 5.75 Å². The Bertz CT molecular complexity index is 421. The monoisotopic (exact) mass is 262 g/mol. The molecule has 1 aromatic rings. The molecule has 0 bridgehead atoms. The van der Waals surface area contributed by atoms with Crippen LogP contribution in [-0.4, -0.2) is 17.4 Å². The lowest BCUT2D eigenvalue weighted by atomic mass is 9.86. The van der Waals surface area contributed by atoms with Gasteiger partial charge in [-0.15, -0.1) is 13.2 Å². The maximum atomic E-state index is 11.9. The van der Waals surface area contributed by atoms with E-state index in [2.05, 4.69) is 4.74 Å². The van der Waals surface area contributed by atoms with E-state index in [0.717, 1.165) is 0 Å². The first-order valence-corrected chi connectivity index (χ1v) is 5.18. The van der Waals surface area contributed by atoms with E-state index in [0.29, 0.717) is 5.56 Å². The summed E-state index contributed by atoms with van der Waals surface area (Å²) in [6.07, 6.45) is -4.49. The Morgan fingerprint density at radius 2 is 1.72 bits per heavy atom. The molecular weight excluding hydrogens is 249 g/mol. The number of carbonyl (C=O) groups is 1.